The van der Waals surface area contributed by atoms with Crippen molar-refractivity contribution in [2.45, 2.75) is 46.5 Å². The maximum atomic E-state index is 3.51. The minimum atomic E-state index is 1.16. The topological polar surface area (TPSA) is 0 Å². The first-order valence-corrected chi connectivity index (χ1v) is 5.28. The molecule has 0 nitrogen and oxygen atoms in total. The van der Waals surface area contributed by atoms with Gasteiger partial charge < -0.3 is 0 Å². The minimum absolute atomic E-state index is 1.16. The molecule has 0 saturated heterocycles. The van der Waals surface area contributed by atoms with Crippen molar-refractivity contribution >= 4 is 0 Å². The van der Waals surface area contributed by atoms with E-state index >= 15 is 0 Å². The minimum Gasteiger partial charge on any atom is -0.0651 e. The first-order chi connectivity index (χ1) is 6.27. The maximum absolute atomic E-state index is 3.51. The van der Waals surface area contributed by atoms with Gasteiger partial charge >= 0.3 is 0 Å². The van der Waals surface area contributed by atoms with Gasteiger partial charge in [0.05, 0.1) is 0 Å². The second-order valence-electron chi connectivity index (χ2n) is 3.65. The van der Waals surface area contributed by atoms with E-state index in [9.17, 15) is 0 Å². The summed E-state index contributed by atoms with van der Waals surface area (Å²) in [4.78, 5) is 0. The molecule has 0 heterocycles. The van der Waals surface area contributed by atoms with Crippen LogP contribution >= 0.6 is 0 Å². The third-order valence-electron chi connectivity index (χ3n) is 2.34. The Morgan fingerprint density at radius 1 is 1.08 bits per heavy atom. The Bertz CT molecular complexity index is 261. The van der Waals surface area contributed by atoms with Crippen molar-refractivity contribution in [1.29, 1.82) is 0 Å². The molecule has 0 unspecified atom stereocenters. The van der Waals surface area contributed by atoms with E-state index in [1.165, 1.54) is 36.0 Å². The van der Waals surface area contributed by atoms with Gasteiger partial charge in [0, 0.05) is 0 Å². The van der Waals surface area contributed by atoms with Gasteiger partial charge in [-0.1, -0.05) is 38.8 Å². The number of aryl methyl sites for hydroxylation is 3. The standard InChI is InChI=1S/C13H19/c1-4-6-12-9-8-11(3)13(10-12)7-5-2/h8-9H,4-7H2,1-3H3. The van der Waals surface area contributed by atoms with Gasteiger partial charge in [0.15, 0.2) is 0 Å². The molecule has 0 fully saturated rings. The van der Waals surface area contributed by atoms with Gasteiger partial charge in [-0.25, -0.2) is 0 Å². The zero-order valence-electron chi connectivity index (χ0n) is 8.98. The van der Waals surface area contributed by atoms with E-state index in [-0.39, 0.29) is 0 Å². The van der Waals surface area contributed by atoms with Crippen LogP contribution in [-0.2, 0) is 12.8 Å². The predicted molar refractivity (Wildman–Crippen MR) is 58.0 cm³/mol. The lowest BCUT2D eigenvalue weighted by molar-refractivity contribution is 0.885. The summed E-state index contributed by atoms with van der Waals surface area (Å²) in [7, 11) is 0. The highest BCUT2D eigenvalue weighted by molar-refractivity contribution is 5.29. The summed E-state index contributed by atoms with van der Waals surface area (Å²) in [6.07, 6.45) is 4.76. The first-order valence-electron chi connectivity index (χ1n) is 5.28. The Balaban J connectivity index is 2.83. The van der Waals surface area contributed by atoms with E-state index in [1.807, 2.05) is 0 Å². The maximum Gasteiger partial charge on any atom is -0.0112 e. The van der Waals surface area contributed by atoms with Crippen molar-refractivity contribution in [3.8, 4) is 0 Å². The number of rotatable bonds is 4. The smallest absolute Gasteiger partial charge is 0.0112 e. The van der Waals surface area contributed by atoms with E-state index in [1.54, 1.807) is 0 Å². The number of benzene rings is 1. The molecule has 71 valence electrons. The molecular weight excluding hydrogens is 156 g/mol. The van der Waals surface area contributed by atoms with Gasteiger partial charge in [-0.3, -0.25) is 0 Å². The summed E-state index contributed by atoms with van der Waals surface area (Å²) in [5, 5.41) is 0. The average Bonchev–Trinajstić information content (AvgIpc) is 2.12. The second-order valence-corrected chi connectivity index (χ2v) is 3.65. The van der Waals surface area contributed by atoms with Gasteiger partial charge in [0.2, 0.25) is 0 Å². The molecular formula is C13H19. The van der Waals surface area contributed by atoms with E-state index in [0.29, 0.717) is 0 Å². The van der Waals surface area contributed by atoms with Crippen LogP contribution in [0.1, 0.15) is 43.4 Å². The molecule has 1 aromatic rings. The van der Waals surface area contributed by atoms with Crippen molar-refractivity contribution in [2.75, 3.05) is 0 Å². The quantitative estimate of drug-likeness (QED) is 0.654. The monoisotopic (exact) mass is 175 g/mol. The fourth-order valence-corrected chi connectivity index (χ4v) is 1.59. The molecule has 1 aromatic carbocycles. The zero-order chi connectivity index (χ0) is 9.68. The molecule has 0 spiro atoms. The second kappa shape index (κ2) is 5.06. The van der Waals surface area contributed by atoms with Crippen LogP contribution in [0.15, 0.2) is 12.1 Å². The van der Waals surface area contributed by atoms with Crippen molar-refractivity contribution in [3.63, 3.8) is 0 Å². The van der Waals surface area contributed by atoms with Gasteiger partial charge in [0.1, 0.15) is 0 Å². The van der Waals surface area contributed by atoms with Gasteiger partial charge in [-0.2, -0.15) is 0 Å². The fourth-order valence-electron chi connectivity index (χ4n) is 1.59. The molecule has 0 aliphatic rings. The van der Waals surface area contributed by atoms with E-state index < -0.39 is 0 Å². The molecule has 1 rings (SSSR count). The SMILES string of the molecule is CCCc1[c]c(CCC)c(C)cc1. The Labute approximate surface area is 82.0 Å². The summed E-state index contributed by atoms with van der Waals surface area (Å²) in [6, 6.07) is 7.95. The Morgan fingerprint density at radius 3 is 2.38 bits per heavy atom. The zero-order valence-corrected chi connectivity index (χ0v) is 8.98. The molecule has 0 bridgehead atoms. The van der Waals surface area contributed by atoms with Crippen LogP contribution in [0.5, 0.6) is 0 Å². The van der Waals surface area contributed by atoms with Crippen molar-refractivity contribution in [1.82, 2.24) is 0 Å². The Morgan fingerprint density at radius 2 is 1.77 bits per heavy atom. The summed E-state index contributed by atoms with van der Waals surface area (Å²) in [5.41, 5.74) is 4.17. The molecule has 0 aliphatic heterocycles. The van der Waals surface area contributed by atoms with Gasteiger partial charge in [0.25, 0.3) is 0 Å². The summed E-state index contributed by atoms with van der Waals surface area (Å²) in [5.74, 6) is 0. The molecule has 13 heavy (non-hydrogen) atoms. The molecule has 0 amide bonds. The number of hydrogen-bond acceptors (Lipinski definition) is 0. The Hall–Kier alpha value is -0.780. The number of hydrogen-bond donors (Lipinski definition) is 0. The molecule has 0 atom stereocenters. The summed E-state index contributed by atoms with van der Waals surface area (Å²) in [6.45, 7) is 6.62. The van der Waals surface area contributed by atoms with Crippen molar-refractivity contribution in [3.05, 3.63) is 34.9 Å². The van der Waals surface area contributed by atoms with E-state index in [0.717, 1.165) is 6.42 Å². The Kier molecular flexibility index (Phi) is 4.01. The average molecular weight is 175 g/mol. The lowest BCUT2D eigenvalue weighted by Gasteiger charge is -2.06. The van der Waals surface area contributed by atoms with Crippen LogP contribution in [0, 0.1) is 13.0 Å². The van der Waals surface area contributed by atoms with Crippen molar-refractivity contribution in [2.24, 2.45) is 0 Å². The third kappa shape index (κ3) is 2.87. The molecule has 0 aromatic heterocycles. The van der Waals surface area contributed by atoms with Crippen LogP contribution in [0.2, 0.25) is 0 Å². The van der Waals surface area contributed by atoms with Gasteiger partial charge in [-0.15, -0.1) is 0 Å². The lowest BCUT2D eigenvalue weighted by Crippen LogP contribution is -1.92. The van der Waals surface area contributed by atoms with E-state index in [2.05, 4.69) is 39.0 Å². The van der Waals surface area contributed by atoms with Crippen LogP contribution in [0.3, 0.4) is 0 Å². The highest BCUT2D eigenvalue weighted by Gasteiger charge is 1.99. The molecule has 0 N–H and O–H groups in total. The van der Waals surface area contributed by atoms with Crippen LogP contribution in [0.4, 0.5) is 0 Å². The van der Waals surface area contributed by atoms with Crippen LogP contribution < -0.4 is 0 Å². The summed E-state index contributed by atoms with van der Waals surface area (Å²) >= 11 is 0. The summed E-state index contributed by atoms with van der Waals surface area (Å²) < 4.78 is 0. The van der Waals surface area contributed by atoms with E-state index in [4.69, 9.17) is 0 Å². The molecule has 0 aliphatic carbocycles. The molecule has 0 heteroatoms. The molecule has 1 radical (unpaired) electrons. The van der Waals surface area contributed by atoms with Crippen LogP contribution in [-0.4, -0.2) is 0 Å². The van der Waals surface area contributed by atoms with Gasteiger partial charge in [-0.05, 0) is 42.5 Å². The highest BCUT2D eigenvalue weighted by atomic mass is 14.0. The predicted octanol–water partition coefficient (Wildman–Crippen LogP) is 3.70. The van der Waals surface area contributed by atoms with Crippen molar-refractivity contribution < 1.29 is 0 Å². The third-order valence-corrected chi connectivity index (χ3v) is 2.34. The lowest BCUT2D eigenvalue weighted by atomic mass is 9.99. The highest BCUT2D eigenvalue weighted by Crippen LogP contribution is 2.13. The molecule has 0 saturated carbocycles. The normalized spacial score (nSPS) is 10.4. The fraction of sp³-hybridized carbons (Fsp3) is 0.538. The van der Waals surface area contributed by atoms with Crippen LogP contribution in [0.25, 0.3) is 0 Å². The largest absolute Gasteiger partial charge is 0.0651 e. The first kappa shape index (κ1) is 10.3.